The SMILES string of the molecule is CCCCC(CC)C[Si](CC(CC)CCCC)(c1ccccc1)c1ccccc1. The summed E-state index contributed by atoms with van der Waals surface area (Å²) >= 11 is 0. The zero-order valence-electron chi connectivity index (χ0n) is 19.5. The van der Waals surface area contributed by atoms with Gasteiger partial charge in [0, 0.05) is 0 Å². The largest absolute Gasteiger partial charge is 0.118 e. The summed E-state index contributed by atoms with van der Waals surface area (Å²) in [7, 11) is -1.82. The molecule has 2 unspecified atom stereocenters. The summed E-state index contributed by atoms with van der Waals surface area (Å²) in [6, 6.07) is 26.2. The Bertz CT molecular complexity index is 589. The van der Waals surface area contributed by atoms with Crippen LogP contribution in [0, 0.1) is 11.8 Å². The Hall–Kier alpha value is -1.34. The Morgan fingerprint density at radius 1 is 0.586 bits per heavy atom. The molecule has 160 valence electrons. The minimum absolute atomic E-state index is 0.853. The Morgan fingerprint density at radius 2 is 0.966 bits per heavy atom. The van der Waals surface area contributed by atoms with Gasteiger partial charge in [-0.25, -0.2) is 0 Å². The molecule has 0 heterocycles. The van der Waals surface area contributed by atoms with Crippen molar-refractivity contribution in [2.45, 2.75) is 91.1 Å². The third-order valence-corrected chi connectivity index (χ3v) is 12.4. The van der Waals surface area contributed by atoms with Crippen molar-refractivity contribution in [1.29, 1.82) is 0 Å². The van der Waals surface area contributed by atoms with E-state index in [1.165, 1.54) is 63.5 Å². The number of rotatable bonds is 14. The lowest BCUT2D eigenvalue weighted by atomic mass is 10.0. The molecular formula is C28H44Si. The standard InChI is InChI=1S/C28H44Si/c1-5-9-17-25(7-3)23-29(27-19-13-11-14-20-27,28-21-15-12-16-22-28)24-26(8-4)18-10-6-2/h11-16,19-22,25-26H,5-10,17-18,23-24H2,1-4H3. The van der Waals surface area contributed by atoms with Gasteiger partial charge in [0.25, 0.3) is 0 Å². The molecule has 29 heavy (non-hydrogen) atoms. The van der Waals surface area contributed by atoms with Crippen molar-refractivity contribution in [3.63, 3.8) is 0 Å². The van der Waals surface area contributed by atoms with Crippen LogP contribution in [0.1, 0.15) is 79.1 Å². The number of hydrogen-bond acceptors (Lipinski definition) is 0. The van der Waals surface area contributed by atoms with E-state index in [9.17, 15) is 0 Å². The molecule has 0 amide bonds. The van der Waals surface area contributed by atoms with Gasteiger partial charge in [-0.05, 0) is 23.9 Å². The summed E-state index contributed by atoms with van der Waals surface area (Å²) in [6.45, 7) is 9.51. The van der Waals surface area contributed by atoms with E-state index in [1.54, 1.807) is 10.4 Å². The van der Waals surface area contributed by atoms with Crippen molar-refractivity contribution in [2.24, 2.45) is 11.8 Å². The molecule has 0 saturated carbocycles. The van der Waals surface area contributed by atoms with E-state index in [2.05, 4.69) is 88.4 Å². The molecule has 1 heteroatoms. The maximum atomic E-state index is 2.46. The summed E-state index contributed by atoms with van der Waals surface area (Å²) in [5, 5.41) is 3.33. The fraction of sp³-hybridized carbons (Fsp3) is 0.571. The average molecular weight is 409 g/mol. The third-order valence-electron chi connectivity index (χ3n) is 7.01. The quantitative estimate of drug-likeness (QED) is 0.281. The summed E-state index contributed by atoms with van der Waals surface area (Å²) in [5.41, 5.74) is 0. The molecule has 0 nitrogen and oxygen atoms in total. The highest BCUT2D eigenvalue weighted by Crippen LogP contribution is 2.32. The van der Waals surface area contributed by atoms with E-state index in [1.807, 2.05) is 0 Å². The first-order valence-electron chi connectivity index (χ1n) is 12.3. The molecule has 0 aliphatic carbocycles. The highest BCUT2D eigenvalue weighted by Gasteiger charge is 2.40. The second-order valence-electron chi connectivity index (χ2n) is 9.06. The van der Waals surface area contributed by atoms with Crippen molar-refractivity contribution in [1.82, 2.24) is 0 Å². The van der Waals surface area contributed by atoms with Crippen molar-refractivity contribution >= 4 is 18.4 Å². The Morgan fingerprint density at radius 3 is 1.28 bits per heavy atom. The highest BCUT2D eigenvalue weighted by atomic mass is 28.3. The van der Waals surface area contributed by atoms with Crippen LogP contribution >= 0.6 is 0 Å². The van der Waals surface area contributed by atoms with E-state index in [0.717, 1.165) is 11.8 Å². The van der Waals surface area contributed by atoms with Gasteiger partial charge >= 0.3 is 0 Å². The first kappa shape index (κ1) is 23.9. The van der Waals surface area contributed by atoms with Gasteiger partial charge < -0.3 is 0 Å². The predicted molar refractivity (Wildman–Crippen MR) is 134 cm³/mol. The molecule has 0 radical (unpaired) electrons. The normalized spacial score (nSPS) is 13.9. The van der Waals surface area contributed by atoms with Gasteiger partial charge in [-0.15, -0.1) is 0 Å². The maximum absolute atomic E-state index is 2.46. The van der Waals surface area contributed by atoms with E-state index < -0.39 is 8.07 Å². The lowest BCUT2D eigenvalue weighted by molar-refractivity contribution is 0.469. The number of hydrogen-bond donors (Lipinski definition) is 0. The summed E-state index contributed by atoms with van der Waals surface area (Å²) in [4.78, 5) is 0. The molecular weight excluding hydrogens is 364 g/mol. The van der Waals surface area contributed by atoms with Gasteiger partial charge in [-0.1, -0.05) is 150 Å². The fourth-order valence-corrected chi connectivity index (χ4v) is 11.2. The molecule has 0 aromatic heterocycles. The van der Waals surface area contributed by atoms with E-state index in [4.69, 9.17) is 0 Å². The van der Waals surface area contributed by atoms with Crippen LogP contribution in [0.4, 0.5) is 0 Å². The first-order valence-corrected chi connectivity index (χ1v) is 14.7. The minimum Gasteiger partial charge on any atom is -0.0654 e. The summed E-state index contributed by atoms with van der Waals surface area (Å²) in [5.74, 6) is 1.71. The van der Waals surface area contributed by atoms with Gasteiger partial charge in [-0.3, -0.25) is 0 Å². The van der Waals surface area contributed by atoms with Crippen molar-refractivity contribution in [2.75, 3.05) is 0 Å². The fourth-order valence-electron chi connectivity index (χ4n) is 5.11. The number of benzene rings is 2. The highest BCUT2D eigenvalue weighted by molar-refractivity contribution is 7.02. The molecule has 2 atom stereocenters. The molecule has 2 aromatic rings. The van der Waals surface area contributed by atoms with Crippen LogP contribution < -0.4 is 10.4 Å². The van der Waals surface area contributed by atoms with Crippen molar-refractivity contribution in [3.8, 4) is 0 Å². The zero-order chi connectivity index (χ0) is 21.0. The second-order valence-corrected chi connectivity index (χ2v) is 13.2. The molecule has 0 N–H and O–H groups in total. The van der Waals surface area contributed by atoms with E-state index in [-0.39, 0.29) is 0 Å². The maximum Gasteiger partial charge on any atom is 0.118 e. The predicted octanol–water partition coefficient (Wildman–Crippen LogP) is 7.68. The average Bonchev–Trinajstić information content (AvgIpc) is 2.79. The summed E-state index contributed by atoms with van der Waals surface area (Å²) < 4.78 is 0. The Kier molecular flexibility index (Phi) is 10.8. The van der Waals surface area contributed by atoms with Gasteiger partial charge in [0.1, 0.15) is 8.07 Å². The monoisotopic (exact) mass is 408 g/mol. The van der Waals surface area contributed by atoms with E-state index in [0.29, 0.717) is 0 Å². The van der Waals surface area contributed by atoms with Gasteiger partial charge in [0.05, 0.1) is 0 Å². The molecule has 0 saturated heterocycles. The van der Waals surface area contributed by atoms with Gasteiger partial charge in [0.2, 0.25) is 0 Å². The Balaban J connectivity index is 2.52. The molecule has 0 spiro atoms. The third kappa shape index (κ3) is 6.85. The van der Waals surface area contributed by atoms with E-state index >= 15 is 0 Å². The van der Waals surface area contributed by atoms with Crippen molar-refractivity contribution < 1.29 is 0 Å². The van der Waals surface area contributed by atoms with Crippen LogP contribution in [0.5, 0.6) is 0 Å². The molecule has 0 bridgehead atoms. The second kappa shape index (κ2) is 13.1. The molecule has 0 aliphatic rings. The van der Waals surface area contributed by atoms with Crippen LogP contribution in [0.2, 0.25) is 12.1 Å². The summed E-state index contributed by atoms with van der Waals surface area (Å²) in [6.07, 6.45) is 10.8. The lowest BCUT2D eigenvalue weighted by Crippen LogP contribution is -2.60. The number of unbranched alkanes of at least 4 members (excludes halogenated alkanes) is 2. The molecule has 0 aliphatic heterocycles. The first-order chi connectivity index (χ1) is 14.2. The minimum atomic E-state index is -1.82. The van der Waals surface area contributed by atoms with Crippen LogP contribution in [0.15, 0.2) is 60.7 Å². The van der Waals surface area contributed by atoms with Crippen molar-refractivity contribution in [3.05, 3.63) is 60.7 Å². The van der Waals surface area contributed by atoms with Crippen LogP contribution in [-0.2, 0) is 0 Å². The molecule has 0 fully saturated rings. The van der Waals surface area contributed by atoms with Gasteiger partial charge in [0.15, 0.2) is 0 Å². The van der Waals surface area contributed by atoms with Gasteiger partial charge in [-0.2, -0.15) is 0 Å². The molecule has 2 aromatic carbocycles. The lowest BCUT2D eigenvalue weighted by Gasteiger charge is -2.39. The van der Waals surface area contributed by atoms with Crippen LogP contribution in [0.3, 0.4) is 0 Å². The van der Waals surface area contributed by atoms with Crippen LogP contribution in [0.25, 0.3) is 0 Å². The topological polar surface area (TPSA) is 0 Å². The zero-order valence-corrected chi connectivity index (χ0v) is 20.5. The Labute approximate surface area is 182 Å². The molecule has 2 rings (SSSR count). The van der Waals surface area contributed by atoms with Crippen LogP contribution in [-0.4, -0.2) is 8.07 Å². The smallest absolute Gasteiger partial charge is 0.0654 e.